The summed E-state index contributed by atoms with van der Waals surface area (Å²) in [6.07, 6.45) is 5.40. The maximum absolute atomic E-state index is 5.42. The van der Waals surface area contributed by atoms with Gasteiger partial charge in [0.05, 0.1) is 6.26 Å². The Kier molecular flexibility index (Phi) is 2.15. The third kappa shape index (κ3) is 1.41. The number of rotatable bonds is 1. The van der Waals surface area contributed by atoms with Crippen LogP contribution in [0.5, 0.6) is 0 Å². The summed E-state index contributed by atoms with van der Waals surface area (Å²) in [6.45, 7) is 6.30. The Morgan fingerprint density at radius 1 is 1.50 bits per heavy atom. The van der Waals surface area contributed by atoms with Crippen LogP contribution in [0.25, 0.3) is 0 Å². The molecule has 0 bridgehead atoms. The van der Waals surface area contributed by atoms with E-state index in [4.69, 9.17) is 4.74 Å². The molecule has 0 fully saturated rings. The fourth-order valence-electron chi connectivity index (χ4n) is 1.20. The van der Waals surface area contributed by atoms with Crippen molar-refractivity contribution in [1.82, 2.24) is 0 Å². The average Bonchev–Trinajstić information content (AvgIpc) is 1.88. The molecule has 0 aromatic carbocycles. The monoisotopic (exact) mass is 138 g/mol. The fourth-order valence-corrected chi connectivity index (χ4v) is 1.20. The van der Waals surface area contributed by atoms with Gasteiger partial charge in [0, 0.05) is 0 Å². The second kappa shape index (κ2) is 2.91. The quantitative estimate of drug-likeness (QED) is 0.541. The SMILES string of the molecule is CCC1OC=C(C)C=C1C. The molecule has 0 aromatic rings. The van der Waals surface area contributed by atoms with Gasteiger partial charge in [0.15, 0.2) is 0 Å². The lowest BCUT2D eigenvalue weighted by atomic mass is 10.1. The third-order valence-corrected chi connectivity index (χ3v) is 1.75. The first-order valence-corrected chi connectivity index (χ1v) is 3.74. The minimum absolute atomic E-state index is 0.323. The Morgan fingerprint density at radius 3 is 2.70 bits per heavy atom. The molecule has 1 heteroatoms. The molecule has 0 aromatic heterocycles. The molecule has 0 saturated heterocycles. The molecule has 0 N–H and O–H groups in total. The molecular formula is C9H14O. The molecule has 0 amide bonds. The molecule has 0 radical (unpaired) electrons. The van der Waals surface area contributed by atoms with Crippen LogP contribution in [-0.4, -0.2) is 6.10 Å². The Morgan fingerprint density at radius 2 is 2.20 bits per heavy atom. The summed E-state index contributed by atoms with van der Waals surface area (Å²) in [7, 11) is 0. The lowest BCUT2D eigenvalue weighted by molar-refractivity contribution is 0.166. The van der Waals surface area contributed by atoms with Crippen LogP contribution in [0, 0.1) is 0 Å². The molecule has 0 aliphatic carbocycles. The fraction of sp³-hybridized carbons (Fsp3) is 0.556. The normalized spacial score (nSPS) is 24.9. The largest absolute Gasteiger partial charge is 0.493 e. The highest BCUT2D eigenvalue weighted by molar-refractivity contribution is 5.24. The van der Waals surface area contributed by atoms with Crippen molar-refractivity contribution in [3.8, 4) is 0 Å². The topological polar surface area (TPSA) is 9.23 Å². The van der Waals surface area contributed by atoms with Crippen molar-refractivity contribution in [2.75, 3.05) is 0 Å². The minimum atomic E-state index is 0.323. The average molecular weight is 138 g/mol. The second-order valence-electron chi connectivity index (χ2n) is 2.78. The van der Waals surface area contributed by atoms with Gasteiger partial charge in [-0.1, -0.05) is 13.0 Å². The molecule has 1 nitrogen and oxygen atoms in total. The predicted octanol–water partition coefficient (Wildman–Crippen LogP) is 2.65. The Balaban J connectivity index is 2.68. The third-order valence-electron chi connectivity index (χ3n) is 1.75. The number of hydrogen-bond acceptors (Lipinski definition) is 1. The van der Waals surface area contributed by atoms with Crippen molar-refractivity contribution < 1.29 is 4.74 Å². The number of allylic oxidation sites excluding steroid dienone is 2. The Hall–Kier alpha value is -0.720. The molecule has 1 aliphatic heterocycles. The summed E-state index contributed by atoms with van der Waals surface area (Å²) in [4.78, 5) is 0. The van der Waals surface area contributed by atoms with Crippen molar-refractivity contribution in [2.45, 2.75) is 33.3 Å². The second-order valence-corrected chi connectivity index (χ2v) is 2.78. The molecule has 1 aliphatic rings. The van der Waals surface area contributed by atoms with E-state index in [2.05, 4.69) is 26.8 Å². The predicted molar refractivity (Wildman–Crippen MR) is 42.7 cm³/mol. The molecule has 1 rings (SSSR count). The van der Waals surface area contributed by atoms with Gasteiger partial charge in [-0.3, -0.25) is 0 Å². The van der Waals surface area contributed by atoms with Gasteiger partial charge in [0.1, 0.15) is 6.10 Å². The van der Waals surface area contributed by atoms with Crippen molar-refractivity contribution in [1.29, 1.82) is 0 Å². The lowest BCUT2D eigenvalue weighted by Crippen LogP contribution is -2.12. The standard InChI is InChI=1S/C9H14O/c1-4-9-8(3)5-7(2)6-10-9/h5-6,9H,4H2,1-3H3. The summed E-state index contributed by atoms with van der Waals surface area (Å²) >= 11 is 0. The molecule has 0 saturated carbocycles. The van der Waals surface area contributed by atoms with E-state index in [0.29, 0.717) is 6.10 Å². The van der Waals surface area contributed by atoms with Crippen LogP contribution >= 0.6 is 0 Å². The van der Waals surface area contributed by atoms with Gasteiger partial charge in [0.2, 0.25) is 0 Å². The van der Waals surface area contributed by atoms with E-state index in [1.165, 1.54) is 11.1 Å². The molecular weight excluding hydrogens is 124 g/mol. The van der Waals surface area contributed by atoms with E-state index in [1.807, 2.05) is 6.26 Å². The Bertz CT molecular complexity index is 177. The molecule has 1 atom stereocenters. The summed E-state index contributed by atoms with van der Waals surface area (Å²) in [6, 6.07) is 0. The van der Waals surface area contributed by atoms with E-state index in [-0.39, 0.29) is 0 Å². The van der Waals surface area contributed by atoms with Crippen LogP contribution in [0.1, 0.15) is 27.2 Å². The first-order valence-electron chi connectivity index (χ1n) is 3.74. The molecule has 56 valence electrons. The highest BCUT2D eigenvalue weighted by Crippen LogP contribution is 2.18. The number of hydrogen-bond donors (Lipinski definition) is 0. The smallest absolute Gasteiger partial charge is 0.119 e. The van der Waals surface area contributed by atoms with Crippen molar-refractivity contribution in [2.24, 2.45) is 0 Å². The van der Waals surface area contributed by atoms with Crippen molar-refractivity contribution in [3.63, 3.8) is 0 Å². The summed E-state index contributed by atoms with van der Waals surface area (Å²) < 4.78 is 5.42. The van der Waals surface area contributed by atoms with Crippen LogP contribution in [0.3, 0.4) is 0 Å². The molecule has 0 spiro atoms. The van der Waals surface area contributed by atoms with Gasteiger partial charge >= 0.3 is 0 Å². The van der Waals surface area contributed by atoms with E-state index in [1.54, 1.807) is 0 Å². The van der Waals surface area contributed by atoms with Crippen molar-refractivity contribution >= 4 is 0 Å². The summed E-state index contributed by atoms with van der Waals surface area (Å²) in [5, 5.41) is 0. The summed E-state index contributed by atoms with van der Waals surface area (Å²) in [5.41, 5.74) is 2.55. The van der Waals surface area contributed by atoms with Crippen LogP contribution in [-0.2, 0) is 4.74 Å². The Labute approximate surface area is 62.4 Å². The molecule has 1 heterocycles. The first kappa shape index (κ1) is 7.39. The maximum Gasteiger partial charge on any atom is 0.119 e. The zero-order valence-electron chi connectivity index (χ0n) is 6.85. The van der Waals surface area contributed by atoms with Crippen LogP contribution in [0.15, 0.2) is 23.5 Å². The van der Waals surface area contributed by atoms with Crippen LogP contribution < -0.4 is 0 Å². The van der Waals surface area contributed by atoms with Gasteiger partial charge in [0.25, 0.3) is 0 Å². The lowest BCUT2D eigenvalue weighted by Gasteiger charge is -2.19. The highest BCUT2D eigenvalue weighted by atomic mass is 16.5. The van der Waals surface area contributed by atoms with E-state index < -0.39 is 0 Å². The molecule has 1 unspecified atom stereocenters. The van der Waals surface area contributed by atoms with Gasteiger partial charge in [-0.05, 0) is 31.4 Å². The molecule has 10 heavy (non-hydrogen) atoms. The van der Waals surface area contributed by atoms with E-state index in [0.717, 1.165) is 6.42 Å². The van der Waals surface area contributed by atoms with Crippen LogP contribution in [0.2, 0.25) is 0 Å². The zero-order valence-corrected chi connectivity index (χ0v) is 6.85. The number of ether oxygens (including phenoxy) is 1. The highest BCUT2D eigenvalue weighted by Gasteiger charge is 2.10. The van der Waals surface area contributed by atoms with E-state index in [9.17, 15) is 0 Å². The van der Waals surface area contributed by atoms with Crippen molar-refractivity contribution in [3.05, 3.63) is 23.5 Å². The van der Waals surface area contributed by atoms with Gasteiger partial charge in [-0.2, -0.15) is 0 Å². The minimum Gasteiger partial charge on any atom is -0.493 e. The van der Waals surface area contributed by atoms with Gasteiger partial charge in [-0.25, -0.2) is 0 Å². The van der Waals surface area contributed by atoms with Crippen LogP contribution in [0.4, 0.5) is 0 Å². The maximum atomic E-state index is 5.42. The first-order chi connectivity index (χ1) is 4.74. The van der Waals surface area contributed by atoms with E-state index >= 15 is 0 Å². The summed E-state index contributed by atoms with van der Waals surface area (Å²) in [5.74, 6) is 0. The van der Waals surface area contributed by atoms with Gasteiger partial charge < -0.3 is 4.74 Å². The zero-order chi connectivity index (χ0) is 7.56. The van der Waals surface area contributed by atoms with Gasteiger partial charge in [-0.15, -0.1) is 0 Å².